The number of phenolic OH excluding ortho intramolecular Hbond substituents is 1. The van der Waals surface area contributed by atoms with Gasteiger partial charge in [-0.1, -0.05) is 6.07 Å². The van der Waals surface area contributed by atoms with Crippen LogP contribution < -0.4 is 4.74 Å². The molecule has 2 aromatic rings. The summed E-state index contributed by atoms with van der Waals surface area (Å²) >= 11 is 0. The Labute approximate surface area is 94.1 Å². The highest BCUT2D eigenvalue weighted by atomic mass is 16.5. The number of hydrogen-bond donors (Lipinski definition) is 1. The van der Waals surface area contributed by atoms with Crippen LogP contribution in [0.1, 0.15) is 11.5 Å². The van der Waals surface area contributed by atoms with E-state index in [1.165, 1.54) is 0 Å². The van der Waals surface area contributed by atoms with Crippen LogP contribution in [0.15, 0.2) is 30.5 Å². The molecule has 1 heterocycles. The summed E-state index contributed by atoms with van der Waals surface area (Å²) in [6, 6.07) is 6.73. The van der Waals surface area contributed by atoms with Crippen LogP contribution in [-0.4, -0.2) is 14.7 Å². The second-order valence-corrected chi connectivity index (χ2v) is 3.68. The number of hydrogen-bond acceptors (Lipinski definition) is 3. The minimum absolute atomic E-state index is 0.203. The third-order valence-corrected chi connectivity index (χ3v) is 2.36. The number of imidazole rings is 1. The summed E-state index contributed by atoms with van der Waals surface area (Å²) in [7, 11) is 1.94. The lowest BCUT2D eigenvalue weighted by Crippen LogP contribution is -1.95. The number of ether oxygens (including phenoxy) is 1. The van der Waals surface area contributed by atoms with E-state index in [1.807, 2.05) is 24.7 Å². The van der Waals surface area contributed by atoms with Crippen LogP contribution in [0, 0.1) is 6.92 Å². The largest absolute Gasteiger partial charge is 0.508 e. The molecule has 0 fully saturated rings. The van der Waals surface area contributed by atoms with Gasteiger partial charge in [0.1, 0.15) is 23.9 Å². The highest BCUT2D eigenvalue weighted by Crippen LogP contribution is 2.18. The summed E-state index contributed by atoms with van der Waals surface area (Å²) in [6.07, 6.45) is 1.93. The fourth-order valence-electron chi connectivity index (χ4n) is 1.43. The molecule has 0 aliphatic rings. The van der Waals surface area contributed by atoms with Crippen molar-refractivity contribution in [1.29, 1.82) is 0 Å². The van der Waals surface area contributed by atoms with Crippen molar-refractivity contribution in [2.75, 3.05) is 0 Å². The third-order valence-electron chi connectivity index (χ3n) is 2.36. The van der Waals surface area contributed by atoms with E-state index >= 15 is 0 Å². The molecule has 0 bridgehead atoms. The molecule has 0 saturated carbocycles. The SMILES string of the molecule is Cc1nc(COc2cccc(O)c2)cn1C. The van der Waals surface area contributed by atoms with E-state index in [2.05, 4.69) is 4.98 Å². The Morgan fingerprint density at radius 1 is 1.44 bits per heavy atom. The highest BCUT2D eigenvalue weighted by molar-refractivity contribution is 5.31. The van der Waals surface area contributed by atoms with E-state index in [1.54, 1.807) is 24.3 Å². The Balaban J connectivity index is 2.02. The Kier molecular flexibility index (Phi) is 2.81. The molecule has 0 saturated heterocycles. The Morgan fingerprint density at radius 3 is 2.88 bits per heavy atom. The van der Waals surface area contributed by atoms with Crippen molar-refractivity contribution in [2.24, 2.45) is 7.05 Å². The standard InChI is InChI=1S/C12H14N2O2/c1-9-13-10(7-14(9)2)8-16-12-5-3-4-11(15)6-12/h3-7,15H,8H2,1-2H3. The van der Waals surface area contributed by atoms with Gasteiger partial charge in [0.2, 0.25) is 0 Å². The summed E-state index contributed by atoms with van der Waals surface area (Å²) in [4.78, 5) is 4.32. The summed E-state index contributed by atoms with van der Waals surface area (Å²) in [5, 5.41) is 9.26. The molecule has 84 valence electrons. The number of aromatic nitrogens is 2. The zero-order valence-corrected chi connectivity index (χ0v) is 9.34. The van der Waals surface area contributed by atoms with Crippen LogP contribution in [0.4, 0.5) is 0 Å². The van der Waals surface area contributed by atoms with Gasteiger partial charge in [-0.3, -0.25) is 0 Å². The van der Waals surface area contributed by atoms with E-state index in [0.717, 1.165) is 11.5 Å². The van der Waals surface area contributed by atoms with Gasteiger partial charge >= 0.3 is 0 Å². The van der Waals surface area contributed by atoms with Crippen LogP contribution >= 0.6 is 0 Å². The predicted octanol–water partition coefficient (Wildman–Crippen LogP) is 2.01. The monoisotopic (exact) mass is 218 g/mol. The molecule has 1 aromatic heterocycles. The van der Waals surface area contributed by atoms with Crippen molar-refractivity contribution in [2.45, 2.75) is 13.5 Å². The topological polar surface area (TPSA) is 47.3 Å². The van der Waals surface area contributed by atoms with Gasteiger partial charge in [0.05, 0.1) is 5.69 Å². The van der Waals surface area contributed by atoms with Crippen LogP contribution in [0.3, 0.4) is 0 Å². The second kappa shape index (κ2) is 4.26. The maximum atomic E-state index is 9.26. The van der Waals surface area contributed by atoms with Gasteiger partial charge in [0.25, 0.3) is 0 Å². The van der Waals surface area contributed by atoms with E-state index < -0.39 is 0 Å². The van der Waals surface area contributed by atoms with Crippen LogP contribution in [0.2, 0.25) is 0 Å². The highest BCUT2D eigenvalue weighted by Gasteiger charge is 2.02. The zero-order chi connectivity index (χ0) is 11.5. The maximum Gasteiger partial charge on any atom is 0.132 e. The molecule has 0 unspecified atom stereocenters. The number of aryl methyl sites for hydroxylation is 2. The quantitative estimate of drug-likeness (QED) is 0.857. The van der Waals surface area contributed by atoms with Gasteiger partial charge in [-0.05, 0) is 19.1 Å². The smallest absolute Gasteiger partial charge is 0.132 e. The van der Waals surface area contributed by atoms with Crippen molar-refractivity contribution in [3.8, 4) is 11.5 Å². The predicted molar refractivity (Wildman–Crippen MR) is 60.4 cm³/mol. The maximum absolute atomic E-state index is 9.26. The number of benzene rings is 1. The molecule has 16 heavy (non-hydrogen) atoms. The average Bonchev–Trinajstić information content (AvgIpc) is 2.56. The molecule has 0 aliphatic carbocycles. The lowest BCUT2D eigenvalue weighted by Gasteiger charge is -2.03. The molecular formula is C12H14N2O2. The van der Waals surface area contributed by atoms with Gasteiger partial charge in [-0.25, -0.2) is 4.98 Å². The first-order chi connectivity index (χ1) is 7.65. The molecular weight excluding hydrogens is 204 g/mol. The van der Waals surface area contributed by atoms with Gasteiger partial charge in [0, 0.05) is 19.3 Å². The van der Waals surface area contributed by atoms with Crippen molar-refractivity contribution in [1.82, 2.24) is 9.55 Å². The molecule has 0 aliphatic heterocycles. The summed E-state index contributed by atoms with van der Waals surface area (Å²) in [5.41, 5.74) is 0.878. The number of phenols is 1. The molecule has 0 radical (unpaired) electrons. The summed E-state index contributed by atoms with van der Waals surface area (Å²) in [5.74, 6) is 1.80. The van der Waals surface area contributed by atoms with E-state index in [4.69, 9.17) is 4.74 Å². The lowest BCUT2D eigenvalue weighted by atomic mass is 10.3. The van der Waals surface area contributed by atoms with E-state index in [0.29, 0.717) is 12.4 Å². The fraction of sp³-hybridized carbons (Fsp3) is 0.250. The normalized spacial score (nSPS) is 10.4. The first kappa shape index (κ1) is 10.5. The van der Waals surface area contributed by atoms with E-state index in [9.17, 15) is 5.11 Å². The molecule has 1 aromatic carbocycles. The Bertz CT molecular complexity index is 472. The van der Waals surface area contributed by atoms with Crippen molar-refractivity contribution >= 4 is 0 Å². The first-order valence-electron chi connectivity index (χ1n) is 5.06. The summed E-state index contributed by atoms with van der Waals surface area (Å²) in [6.45, 7) is 2.35. The summed E-state index contributed by atoms with van der Waals surface area (Å²) < 4.78 is 7.45. The number of rotatable bonds is 3. The minimum Gasteiger partial charge on any atom is -0.508 e. The fourth-order valence-corrected chi connectivity index (χ4v) is 1.43. The second-order valence-electron chi connectivity index (χ2n) is 3.68. The van der Waals surface area contributed by atoms with Gasteiger partial charge in [-0.2, -0.15) is 0 Å². The van der Waals surface area contributed by atoms with Gasteiger partial charge < -0.3 is 14.4 Å². The Morgan fingerprint density at radius 2 is 2.25 bits per heavy atom. The van der Waals surface area contributed by atoms with Crippen molar-refractivity contribution in [3.63, 3.8) is 0 Å². The molecule has 0 amide bonds. The molecule has 4 heteroatoms. The van der Waals surface area contributed by atoms with Crippen LogP contribution in [-0.2, 0) is 13.7 Å². The van der Waals surface area contributed by atoms with E-state index in [-0.39, 0.29) is 5.75 Å². The van der Waals surface area contributed by atoms with Crippen molar-refractivity contribution < 1.29 is 9.84 Å². The van der Waals surface area contributed by atoms with Crippen LogP contribution in [0.25, 0.3) is 0 Å². The molecule has 1 N–H and O–H groups in total. The minimum atomic E-state index is 0.203. The first-order valence-corrected chi connectivity index (χ1v) is 5.06. The van der Waals surface area contributed by atoms with Crippen molar-refractivity contribution in [3.05, 3.63) is 42.0 Å². The average molecular weight is 218 g/mol. The molecule has 0 atom stereocenters. The van der Waals surface area contributed by atoms with Gasteiger partial charge in [0.15, 0.2) is 0 Å². The third kappa shape index (κ3) is 2.34. The zero-order valence-electron chi connectivity index (χ0n) is 9.34. The number of nitrogens with zero attached hydrogens (tertiary/aromatic N) is 2. The number of aromatic hydroxyl groups is 1. The van der Waals surface area contributed by atoms with Gasteiger partial charge in [-0.15, -0.1) is 0 Å². The van der Waals surface area contributed by atoms with Crippen LogP contribution in [0.5, 0.6) is 11.5 Å². The molecule has 4 nitrogen and oxygen atoms in total. The molecule has 2 rings (SSSR count). The molecule has 0 spiro atoms. The lowest BCUT2D eigenvalue weighted by molar-refractivity contribution is 0.300. The Hall–Kier alpha value is -1.97.